The van der Waals surface area contributed by atoms with Crippen LogP contribution in [0.15, 0.2) is 29.3 Å². The number of amides is 3. The van der Waals surface area contributed by atoms with Gasteiger partial charge < -0.3 is 42.3 Å². The van der Waals surface area contributed by atoms with Crippen molar-refractivity contribution in [2.45, 2.75) is 121 Å². The van der Waals surface area contributed by atoms with Crippen LogP contribution in [0, 0.1) is 5.92 Å². The molecule has 0 aromatic heterocycles. The number of carbonyl (C=O) groups excluding carboxylic acids is 3. The quantitative estimate of drug-likeness (QED) is 0.0773. The largest absolute Gasteiger partial charge is 0.508 e. The molecule has 1 saturated carbocycles. The van der Waals surface area contributed by atoms with Crippen LogP contribution in [0.25, 0.3) is 0 Å². The predicted octanol–water partition coefficient (Wildman–Crippen LogP) is 1.44. The standard InChI is InChI=1S/C32H52N6O6/c1-2-3-4-5-6-9-29(42)37-26(17-21-10-13-24(40)14-11-21)31(44)38-27-19-25(41)15-12-22(27)18-28(38)30(43)36-23(20-39)8-7-16-35-32(33)34/h10-11,13-14,22-23,25-28,39-41H,2-9,12,15-20H2,1H3,(H,36,43)(H,37,42)(H4,33,34,35)/t22-,23-,25-,26-,27-,28-/m0/s1. The third-order valence-corrected chi connectivity index (χ3v) is 8.79. The second kappa shape index (κ2) is 17.8. The molecule has 1 aliphatic carbocycles. The topological polar surface area (TPSA) is 204 Å². The van der Waals surface area contributed by atoms with E-state index in [0.29, 0.717) is 51.5 Å². The Morgan fingerprint density at radius 2 is 1.75 bits per heavy atom. The summed E-state index contributed by atoms with van der Waals surface area (Å²) >= 11 is 0. The summed E-state index contributed by atoms with van der Waals surface area (Å²) in [5.74, 6) is -0.845. The first-order valence-electron chi connectivity index (χ1n) is 16.2. The van der Waals surface area contributed by atoms with E-state index in [4.69, 9.17) is 11.5 Å². The number of nitrogens with zero attached hydrogens (tertiary/aromatic N) is 2. The summed E-state index contributed by atoms with van der Waals surface area (Å²) in [6, 6.07) is 3.88. The highest BCUT2D eigenvalue weighted by atomic mass is 16.3. The number of aliphatic hydroxyl groups excluding tert-OH is 2. The summed E-state index contributed by atoms with van der Waals surface area (Å²) in [4.78, 5) is 46.7. The number of fused-ring (bicyclic) bond motifs is 1. The summed E-state index contributed by atoms with van der Waals surface area (Å²) in [5, 5.41) is 36.1. The molecule has 2 fully saturated rings. The number of benzene rings is 1. The second-order valence-electron chi connectivity index (χ2n) is 12.3. The first-order valence-corrected chi connectivity index (χ1v) is 16.2. The van der Waals surface area contributed by atoms with E-state index in [0.717, 1.165) is 37.7 Å². The van der Waals surface area contributed by atoms with Gasteiger partial charge in [-0.3, -0.25) is 19.4 Å². The van der Waals surface area contributed by atoms with Crippen molar-refractivity contribution in [3.63, 3.8) is 0 Å². The zero-order chi connectivity index (χ0) is 32.1. The maximum atomic E-state index is 14.4. The number of phenolic OH excluding ortho intramolecular Hbond substituents is 1. The Hall–Kier alpha value is -3.38. The fourth-order valence-corrected chi connectivity index (χ4v) is 6.44. The van der Waals surface area contributed by atoms with Crippen molar-refractivity contribution < 1.29 is 29.7 Å². The molecule has 1 aromatic rings. The van der Waals surface area contributed by atoms with Crippen LogP contribution in [-0.2, 0) is 20.8 Å². The van der Waals surface area contributed by atoms with Crippen molar-refractivity contribution in [2.24, 2.45) is 22.4 Å². The van der Waals surface area contributed by atoms with Crippen molar-refractivity contribution in [3.05, 3.63) is 29.8 Å². The van der Waals surface area contributed by atoms with Gasteiger partial charge in [0.25, 0.3) is 0 Å². The van der Waals surface area contributed by atoms with Crippen LogP contribution >= 0.6 is 0 Å². The minimum atomic E-state index is -0.927. The number of carbonyl (C=O) groups is 3. The number of hydrogen-bond acceptors (Lipinski definition) is 7. The van der Waals surface area contributed by atoms with Gasteiger partial charge in [-0.2, -0.15) is 0 Å². The van der Waals surface area contributed by atoms with Crippen molar-refractivity contribution in [3.8, 4) is 5.75 Å². The molecule has 6 atom stereocenters. The molecular weight excluding hydrogens is 564 g/mol. The minimum absolute atomic E-state index is 0.0232. The number of nitrogens with one attached hydrogen (secondary N) is 2. The molecule has 3 amide bonds. The van der Waals surface area contributed by atoms with Crippen LogP contribution in [0.5, 0.6) is 5.75 Å². The number of aliphatic hydroxyl groups is 2. The molecule has 12 heteroatoms. The van der Waals surface area contributed by atoms with Gasteiger partial charge in [-0.05, 0) is 68.6 Å². The number of unbranched alkanes of at least 4 members (excludes halogenated alkanes) is 4. The van der Waals surface area contributed by atoms with Crippen LogP contribution in [0.4, 0.5) is 0 Å². The van der Waals surface area contributed by atoms with E-state index in [-0.39, 0.29) is 54.4 Å². The molecule has 0 unspecified atom stereocenters. The van der Waals surface area contributed by atoms with Crippen molar-refractivity contribution >= 4 is 23.7 Å². The average Bonchev–Trinajstić information content (AvgIpc) is 3.37. The summed E-state index contributed by atoms with van der Waals surface area (Å²) < 4.78 is 0. The maximum absolute atomic E-state index is 14.4. The summed E-state index contributed by atoms with van der Waals surface area (Å²) in [5.41, 5.74) is 11.5. The Labute approximate surface area is 260 Å². The molecule has 1 aromatic carbocycles. The van der Waals surface area contributed by atoms with Gasteiger partial charge in [0.2, 0.25) is 17.7 Å². The summed E-state index contributed by atoms with van der Waals surface area (Å²) in [6.07, 6.45) is 7.94. The monoisotopic (exact) mass is 616 g/mol. The molecule has 0 spiro atoms. The van der Waals surface area contributed by atoms with Gasteiger partial charge in [0.05, 0.1) is 18.8 Å². The van der Waals surface area contributed by atoms with E-state index >= 15 is 0 Å². The van der Waals surface area contributed by atoms with E-state index in [1.165, 1.54) is 12.1 Å². The number of aromatic hydroxyl groups is 1. The van der Waals surface area contributed by atoms with E-state index < -0.39 is 24.2 Å². The zero-order valence-corrected chi connectivity index (χ0v) is 26.0. The molecule has 1 heterocycles. The number of rotatable bonds is 17. The maximum Gasteiger partial charge on any atom is 0.246 e. The van der Waals surface area contributed by atoms with E-state index in [1.54, 1.807) is 17.0 Å². The fourth-order valence-electron chi connectivity index (χ4n) is 6.44. The molecule has 0 radical (unpaired) electrons. The van der Waals surface area contributed by atoms with Crippen molar-refractivity contribution in [1.82, 2.24) is 15.5 Å². The molecule has 2 aliphatic rings. The third kappa shape index (κ3) is 10.7. The second-order valence-corrected chi connectivity index (χ2v) is 12.3. The lowest BCUT2D eigenvalue weighted by Crippen LogP contribution is -2.58. The molecular formula is C32H52N6O6. The third-order valence-electron chi connectivity index (χ3n) is 8.79. The van der Waals surface area contributed by atoms with Gasteiger partial charge in [-0.1, -0.05) is 44.7 Å². The molecule has 9 N–H and O–H groups in total. The molecule has 1 saturated heterocycles. The number of phenols is 1. The van der Waals surface area contributed by atoms with E-state index in [2.05, 4.69) is 22.5 Å². The summed E-state index contributed by atoms with van der Waals surface area (Å²) in [7, 11) is 0. The number of aliphatic imine (C=N–C) groups is 1. The Balaban J connectivity index is 1.80. The summed E-state index contributed by atoms with van der Waals surface area (Å²) in [6.45, 7) is 2.21. The molecule has 44 heavy (non-hydrogen) atoms. The number of hydrogen-bond donors (Lipinski definition) is 7. The molecule has 246 valence electrons. The van der Waals surface area contributed by atoms with Gasteiger partial charge in [0.15, 0.2) is 5.96 Å². The van der Waals surface area contributed by atoms with Crippen molar-refractivity contribution in [2.75, 3.05) is 13.2 Å². The Bertz CT molecular complexity index is 1100. The first kappa shape index (κ1) is 35.1. The Morgan fingerprint density at radius 1 is 1.02 bits per heavy atom. The molecule has 0 bridgehead atoms. The van der Waals surface area contributed by atoms with Crippen LogP contribution in [-0.4, -0.2) is 87.3 Å². The van der Waals surface area contributed by atoms with E-state index in [1.807, 2.05) is 0 Å². The van der Waals surface area contributed by atoms with Crippen molar-refractivity contribution in [1.29, 1.82) is 0 Å². The SMILES string of the molecule is CCCCCCCC(=O)N[C@@H](Cc1ccc(O)cc1)C(=O)N1[C@H](C(=O)N[C@H](CO)CCCN=C(N)N)C[C@@H]2CC[C@H](O)C[C@@H]21. The van der Waals surface area contributed by atoms with Gasteiger partial charge in [0.1, 0.15) is 17.8 Å². The number of guanidine groups is 1. The van der Waals surface area contributed by atoms with Gasteiger partial charge >= 0.3 is 0 Å². The van der Waals surface area contributed by atoms with Crippen LogP contribution in [0.3, 0.4) is 0 Å². The smallest absolute Gasteiger partial charge is 0.246 e. The lowest BCUT2D eigenvalue weighted by Gasteiger charge is -2.37. The normalized spacial score (nSPS) is 22.5. The first-order chi connectivity index (χ1) is 21.1. The lowest BCUT2D eigenvalue weighted by atomic mass is 9.83. The number of likely N-dealkylation sites (tertiary alicyclic amines) is 1. The molecule has 1 aliphatic heterocycles. The highest BCUT2D eigenvalue weighted by molar-refractivity contribution is 5.93. The zero-order valence-electron chi connectivity index (χ0n) is 26.0. The Kier molecular flexibility index (Phi) is 14.2. The van der Waals surface area contributed by atoms with Crippen LogP contribution in [0.1, 0.15) is 89.5 Å². The van der Waals surface area contributed by atoms with Gasteiger partial charge in [-0.25, -0.2) is 0 Å². The highest BCUT2D eigenvalue weighted by Crippen LogP contribution is 2.40. The van der Waals surface area contributed by atoms with E-state index in [9.17, 15) is 29.7 Å². The highest BCUT2D eigenvalue weighted by Gasteiger charge is 2.50. The molecule has 12 nitrogen and oxygen atoms in total. The van der Waals surface area contributed by atoms with Crippen LogP contribution < -0.4 is 22.1 Å². The van der Waals surface area contributed by atoms with Gasteiger partial charge in [-0.15, -0.1) is 0 Å². The molecule has 3 rings (SSSR count). The minimum Gasteiger partial charge on any atom is -0.508 e. The van der Waals surface area contributed by atoms with Gasteiger partial charge in [0, 0.05) is 25.4 Å². The predicted molar refractivity (Wildman–Crippen MR) is 168 cm³/mol. The Morgan fingerprint density at radius 3 is 2.43 bits per heavy atom. The number of nitrogens with two attached hydrogens (primary N) is 2. The van der Waals surface area contributed by atoms with Crippen LogP contribution in [0.2, 0.25) is 0 Å². The average molecular weight is 617 g/mol. The fraction of sp³-hybridized carbons (Fsp3) is 0.688. The lowest BCUT2D eigenvalue weighted by molar-refractivity contribution is -0.144.